The first kappa shape index (κ1) is 55.0. The van der Waals surface area contributed by atoms with Crippen LogP contribution in [0.4, 0.5) is 0 Å². The Hall–Kier alpha value is -1.06. The molecule has 4 heteroatoms. The van der Waals surface area contributed by atoms with E-state index in [2.05, 4.69) is 41.5 Å². The highest BCUT2D eigenvalue weighted by molar-refractivity contribution is 5.69. The summed E-state index contributed by atoms with van der Waals surface area (Å²) in [6.45, 7) is 14.7. The summed E-state index contributed by atoms with van der Waals surface area (Å²) < 4.78 is 10.9. The van der Waals surface area contributed by atoms with Crippen molar-refractivity contribution >= 4 is 11.9 Å². The molecule has 0 aliphatic heterocycles. The van der Waals surface area contributed by atoms with E-state index in [0.717, 1.165) is 25.7 Å². The number of hydrogen-bond acceptors (Lipinski definition) is 4. The van der Waals surface area contributed by atoms with Crippen molar-refractivity contribution in [3.05, 3.63) is 0 Å². The third-order valence-corrected chi connectivity index (χ3v) is 11.5. The average Bonchev–Trinajstić information content (AvgIpc) is 3.18. The standard InChI is InChI=1S/C26H52O2.C24H48O2/c1-4-7-9-10-11-12-13-14-15-16-17-18-19-20-21-23-26(27)28-24-25(6-3)22-8-5-2;1-4-7-9-10-11-12-13-14-15-16-17-18-19-21-24(25)26-22-23(6-3)20-8-5-2/h25H,4-24H2,1-3H3;23H,4-22H2,1-3H3. The van der Waals surface area contributed by atoms with Crippen molar-refractivity contribution in [1.29, 1.82) is 0 Å². The fourth-order valence-electron chi connectivity index (χ4n) is 7.29. The highest BCUT2D eigenvalue weighted by Gasteiger charge is 2.11. The van der Waals surface area contributed by atoms with Crippen LogP contribution >= 0.6 is 0 Å². The predicted octanol–water partition coefficient (Wildman–Crippen LogP) is 17.2. The Morgan fingerprint density at radius 3 is 0.759 bits per heavy atom. The van der Waals surface area contributed by atoms with Crippen molar-refractivity contribution < 1.29 is 19.1 Å². The molecule has 0 heterocycles. The van der Waals surface area contributed by atoms with Crippen molar-refractivity contribution in [2.45, 2.75) is 286 Å². The molecule has 0 N–H and O–H groups in total. The molecule has 324 valence electrons. The lowest BCUT2D eigenvalue weighted by Crippen LogP contribution is -2.13. The van der Waals surface area contributed by atoms with Gasteiger partial charge in [0.25, 0.3) is 0 Å². The molecule has 2 unspecified atom stereocenters. The molecule has 0 saturated carbocycles. The minimum atomic E-state index is 0.0167. The van der Waals surface area contributed by atoms with Crippen LogP contribution in [0.2, 0.25) is 0 Å². The van der Waals surface area contributed by atoms with Crippen LogP contribution in [0, 0.1) is 11.8 Å². The maximum atomic E-state index is 11.8. The van der Waals surface area contributed by atoms with E-state index in [4.69, 9.17) is 9.47 Å². The average molecular weight is 765 g/mol. The van der Waals surface area contributed by atoms with Crippen molar-refractivity contribution in [2.75, 3.05) is 13.2 Å². The number of ether oxygens (including phenoxy) is 2. The molecule has 0 spiro atoms. The van der Waals surface area contributed by atoms with Gasteiger partial charge in [-0.15, -0.1) is 0 Å². The van der Waals surface area contributed by atoms with Gasteiger partial charge in [-0.05, 0) is 37.5 Å². The van der Waals surface area contributed by atoms with Gasteiger partial charge in [0.05, 0.1) is 13.2 Å². The molecule has 0 aliphatic carbocycles. The van der Waals surface area contributed by atoms with E-state index in [0.29, 0.717) is 37.9 Å². The minimum absolute atomic E-state index is 0.0167. The van der Waals surface area contributed by atoms with Crippen LogP contribution < -0.4 is 0 Å². The number of rotatable bonds is 42. The van der Waals surface area contributed by atoms with Crippen molar-refractivity contribution in [3.8, 4) is 0 Å². The van der Waals surface area contributed by atoms with Gasteiger partial charge in [0.1, 0.15) is 0 Å². The molecule has 0 aromatic heterocycles. The first-order chi connectivity index (χ1) is 26.5. The van der Waals surface area contributed by atoms with Crippen molar-refractivity contribution in [3.63, 3.8) is 0 Å². The smallest absolute Gasteiger partial charge is 0.305 e. The predicted molar refractivity (Wildman–Crippen MR) is 238 cm³/mol. The zero-order valence-electron chi connectivity index (χ0n) is 38.1. The SMILES string of the molecule is CCCCCCCCCCCCCCCC(=O)OCC(CC)CCCC.CCCCCCCCCCCCCCCCCC(=O)OCC(CC)CCCC. The fraction of sp³-hybridized carbons (Fsp3) is 0.960. The van der Waals surface area contributed by atoms with Crippen molar-refractivity contribution in [1.82, 2.24) is 0 Å². The highest BCUT2D eigenvalue weighted by Crippen LogP contribution is 2.17. The summed E-state index contributed by atoms with van der Waals surface area (Å²) in [6.07, 6.45) is 48.6. The van der Waals surface area contributed by atoms with Gasteiger partial charge in [0, 0.05) is 12.8 Å². The summed E-state index contributed by atoms with van der Waals surface area (Å²) in [7, 11) is 0. The van der Waals surface area contributed by atoms with Gasteiger partial charge in [0.15, 0.2) is 0 Å². The summed E-state index contributed by atoms with van der Waals surface area (Å²) in [6, 6.07) is 0. The van der Waals surface area contributed by atoms with Gasteiger partial charge in [-0.2, -0.15) is 0 Å². The second-order valence-electron chi connectivity index (χ2n) is 16.9. The third kappa shape index (κ3) is 45.3. The van der Waals surface area contributed by atoms with Crippen LogP contribution in [-0.4, -0.2) is 25.2 Å². The molecule has 0 bridgehead atoms. The number of hydrogen-bond donors (Lipinski definition) is 0. The molecule has 0 amide bonds. The van der Waals surface area contributed by atoms with E-state index in [1.54, 1.807) is 0 Å². The van der Waals surface area contributed by atoms with Crippen molar-refractivity contribution in [2.24, 2.45) is 11.8 Å². The first-order valence-corrected chi connectivity index (χ1v) is 24.8. The van der Waals surface area contributed by atoms with Gasteiger partial charge in [0.2, 0.25) is 0 Å². The molecule has 2 atom stereocenters. The minimum Gasteiger partial charge on any atom is -0.465 e. The summed E-state index contributed by atoms with van der Waals surface area (Å²) in [5, 5.41) is 0. The zero-order valence-corrected chi connectivity index (χ0v) is 38.1. The molecule has 0 aromatic carbocycles. The van der Waals surface area contributed by atoms with E-state index >= 15 is 0 Å². The summed E-state index contributed by atoms with van der Waals surface area (Å²) in [5.41, 5.74) is 0. The van der Waals surface area contributed by atoms with Crippen LogP contribution in [0.1, 0.15) is 286 Å². The van der Waals surface area contributed by atoms with Crippen LogP contribution in [0.15, 0.2) is 0 Å². The molecule has 4 nitrogen and oxygen atoms in total. The second kappa shape index (κ2) is 48.1. The van der Waals surface area contributed by atoms with E-state index in [1.165, 1.54) is 205 Å². The Morgan fingerprint density at radius 1 is 0.315 bits per heavy atom. The molecule has 54 heavy (non-hydrogen) atoms. The maximum absolute atomic E-state index is 11.8. The number of esters is 2. The lowest BCUT2D eigenvalue weighted by molar-refractivity contribution is -0.146. The van der Waals surface area contributed by atoms with E-state index in [9.17, 15) is 9.59 Å². The molecule has 0 aromatic rings. The van der Waals surface area contributed by atoms with Gasteiger partial charge in [-0.3, -0.25) is 9.59 Å². The number of unbranched alkanes of at least 4 members (excludes halogenated alkanes) is 28. The largest absolute Gasteiger partial charge is 0.465 e. The molecule has 0 rings (SSSR count). The molecular formula is C50H100O4. The Labute approximate surface area is 340 Å². The van der Waals surface area contributed by atoms with Gasteiger partial charge < -0.3 is 9.47 Å². The molecule has 0 radical (unpaired) electrons. The quantitative estimate of drug-likeness (QED) is 0.0459. The lowest BCUT2D eigenvalue weighted by atomic mass is 10.0. The lowest BCUT2D eigenvalue weighted by Gasteiger charge is -2.14. The van der Waals surface area contributed by atoms with Crippen LogP contribution in [-0.2, 0) is 19.1 Å². The summed E-state index contributed by atoms with van der Waals surface area (Å²) >= 11 is 0. The normalized spacial score (nSPS) is 12.3. The third-order valence-electron chi connectivity index (χ3n) is 11.5. The van der Waals surface area contributed by atoms with E-state index in [1.807, 2.05) is 0 Å². The van der Waals surface area contributed by atoms with Gasteiger partial charge >= 0.3 is 11.9 Å². The van der Waals surface area contributed by atoms with Crippen LogP contribution in [0.3, 0.4) is 0 Å². The van der Waals surface area contributed by atoms with Crippen LogP contribution in [0.5, 0.6) is 0 Å². The van der Waals surface area contributed by atoms with E-state index in [-0.39, 0.29) is 11.9 Å². The number of carbonyl (C=O) groups is 2. The summed E-state index contributed by atoms with van der Waals surface area (Å²) in [4.78, 5) is 23.7. The Morgan fingerprint density at radius 2 is 0.537 bits per heavy atom. The topological polar surface area (TPSA) is 52.6 Å². The zero-order chi connectivity index (χ0) is 40.0. The molecule has 0 aliphatic rings. The highest BCUT2D eigenvalue weighted by atomic mass is 16.5. The second-order valence-corrected chi connectivity index (χ2v) is 16.9. The molecular weight excluding hydrogens is 665 g/mol. The Bertz CT molecular complexity index is 721. The monoisotopic (exact) mass is 765 g/mol. The Kier molecular flexibility index (Phi) is 49.0. The fourth-order valence-corrected chi connectivity index (χ4v) is 7.29. The van der Waals surface area contributed by atoms with Crippen LogP contribution in [0.25, 0.3) is 0 Å². The van der Waals surface area contributed by atoms with Gasteiger partial charge in [-0.1, -0.05) is 247 Å². The molecule has 0 saturated heterocycles. The van der Waals surface area contributed by atoms with Gasteiger partial charge in [-0.25, -0.2) is 0 Å². The first-order valence-electron chi connectivity index (χ1n) is 24.8. The van der Waals surface area contributed by atoms with E-state index < -0.39 is 0 Å². The molecule has 0 fully saturated rings. The number of carbonyl (C=O) groups excluding carboxylic acids is 2. The summed E-state index contributed by atoms with van der Waals surface area (Å²) in [5.74, 6) is 1.16. The Balaban J connectivity index is 0. The maximum Gasteiger partial charge on any atom is 0.305 e.